The van der Waals surface area contributed by atoms with Crippen LogP contribution in [0.3, 0.4) is 0 Å². The normalized spacial score (nSPS) is 10.4. The van der Waals surface area contributed by atoms with Crippen LogP contribution in [-0.4, -0.2) is 9.55 Å². The highest BCUT2D eigenvalue weighted by molar-refractivity contribution is 5.85. The van der Waals surface area contributed by atoms with Crippen molar-refractivity contribution in [3.8, 4) is 5.82 Å². The van der Waals surface area contributed by atoms with Crippen LogP contribution in [0.2, 0.25) is 0 Å². The van der Waals surface area contributed by atoms with Gasteiger partial charge in [-0.05, 0) is 43.2 Å². The summed E-state index contributed by atoms with van der Waals surface area (Å²) in [7, 11) is 0. The Bertz CT molecular complexity index is 819. The van der Waals surface area contributed by atoms with Gasteiger partial charge in [0.05, 0.1) is 11.2 Å². The lowest BCUT2D eigenvalue weighted by molar-refractivity contribution is 1.03. The minimum absolute atomic E-state index is 0.931. The molecule has 2 heterocycles. The Balaban J connectivity index is 2.27. The first-order valence-electron chi connectivity index (χ1n) is 7.23. The molecule has 0 radical (unpaired) electrons. The molecule has 1 aromatic carbocycles. The molecule has 0 saturated heterocycles. The van der Waals surface area contributed by atoms with E-state index >= 15 is 0 Å². The van der Waals surface area contributed by atoms with Crippen molar-refractivity contribution in [3.05, 3.63) is 71.7 Å². The zero-order valence-corrected chi connectivity index (χ0v) is 12.4. The number of aromatic nitrogens is 2. The summed E-state index contributed by atoms with van der Waals surface area (Å²) in [5.74, 6) is 0.931. The van der Waals surface area contributed by atoms with Gasteiger partial charge in [-0.25, -0.2) is 4.98 Å². The molecule has 0 saturated carbocycles. The lowest BCUT2D eigenvalue weighted by atomic mass is 10.2. The molecule has 0 amide bonds. The van der Waals surface area contributed by atoms with Crippen LogP contribution >= 0.6 is 0 Å². The number of pyridine rings is 1. The first kappa shape index (κ1) is 13.4. The van der Waals surface area contributed by atoms with Crippen molar-refractivity contribution in [1.82, 2.24) is 9.55 Å². The molecule has 2 heteroatoms. The highest BCUT2D eigenvalue weighted by Crippen LogP contribution is 2.24. The van der Waals surface area contributed by atoms with E-state index in [1.54, 1.807) is 0 Å². The van der Waals surface area contributed by atoms with Gasteiger partial charge >= 0.3 is 0 Å². The average Bonchev–Trinajstić information content (AvgIpc) is 2.91. The van der Waals surface area contributed by atoms with Crippen molar-refractivity contribution in [2.24, 2.45) is 0 Å². The van der Waals surface area contributed by atoms with Crippen molar-refractivity contribution in [2.75, 3.05) is 0 Å². The maximum absolute atomic E-state index is 4.49. The summed E-state index contributed by atoms with van der Waals surface area (Å²) in [4.78, 5) is 4.49. The van der Waals surface area contributed by atoms with E-state index in [1.807, 2.05) is 30.5 Å². The second kappa shape index (κ2) is 5.82. The molecule has 2 aromatic heterocycles. The Morgan fingerprint density at radius 1 is 1.19 bits per heavy atom. The third-order valence-corrected chi connectivity index (χ3v) is 3.61. The number of nitrogens with zero attached hydrogens (tertiary/aromatic N) is 2. The average molecular weight is 274 g/mol. The Labute approximate surface area is 125 Å². The quantitative estimate of drug-likeness (QED) is 0.615. The van der Waals surface area contributed by atoms with Crippen LogP contribution < -0.4 is 0 Å². The van der Waals surface area contributed by atoms with Gasteiger partial charge in [-0.3, -0.25) is 4.57 Å². The van der Waals surface area contributed by atoms with Gasteiger partial charge in [-0.15, -0.1) is 5.73 Å². The molecule has 0 aliphatic carbocycles. The van der Waals surface area contributed by atoms with E-state index in [9.17, 15) is 0 Å². The number of para-hydroxylation sites is 1. The van der Waals surface area contributed by atoms with Crippen LogP contribution in [0.1, 0.15) is 26.0 Å². The molecule has 2 nitrogen and oxygen atoms in total. The predicted molar refractivity (Wildman–Crippen MR) is 88.5 cm³/mol. The first-order chi connectivity index (χ1) is 10.3. The van der Waals surface area contributed by atoms with E-state index in [1.165, 1.54) is 16.5 Å². The summed E-state index contributed by atoms with van der Waals surface area (Å²) in [5.41, 5.74) is 6.87. The standard InChI is InChI=1S/C19H18N2/c1-3-15(2)11-12-17-14-16-8-4-5-9-18(16)21(17)19-10-6-7-13-20-19/h4-10,12-14H,3H2,1-2H3. The molecule has 3 aromatic rings. The molecule has 0 aliphatic heterocycles. The Hall–Kier alpha value is -2.57. The van der Waals surface area contributed by atoms with Gasteiger partial charge in [0.1, 0.15) is 5.82 Å². The van der Waals surface area contributed by atoms with E-state index in [0.29, 0.717) is 0 Å². The van der Waals surface area contributed by atoms with Gasteiger partial charge in [0.2, 0.25) is 0 Å². The van der Waals surface area contributed by atoms with Gasteiger partial charge in [0.15, 0.2) is 0 Å². The monoisotopic (exact) mass is 274 g/mol. The van der Waals surface area contributed by atoms with Crippen LogP contribution in [0.5, 0.6) is 0 Å². The molecular formula is C19H18N2. The molecule has 0 spiro atoms. The zero-order valence-electron chi connectivity index (χ0n) is 12.4. The largest absolute Gasteiger partial charge is 0.294 e. The fourth-order valence-corrected chi connectivity index (χ4v) is 2.32. The fourth-order valence-electron chi connectivity index (χ4n) is 2.32. The summed E-state index contributed by atoms with van der Waals surface area (Å²) in [6.07, 6.45) is 4.89. The number of rotatable bonds is 3. The van der Waals surface area contributed by atoms with Crippen LogP contribution in [0.15, 0.2) is 66.0 Å². The van der Waals surface area contributed by atoms with Gasteiger partial charge in [-0.2, -0.15) is 0 Å². The molecule has 3 rings (SSSR count). The van der Waals surface area contributed by atoms with Gasteiger partial charge in [-0.1, -0.05) is 31.2 Å². The maximum atomic E-state index is 4.49. The van der Waals surface area contributed by atoms with Crippen molar-refractivity contribution in [1.29, 1.82) is 0 Å². The number of benzene rings is 1. The molecule has 104 valence electrons. The van der Waals surface area contributed by atoms with E-state index in [-0.39, 0.29) is 0 Å². The molecule has 0 aliphatic rings. The summed E-state index contributed by atoms with van der Waals surface area (Å²) in [6, 6.07) is 16.5. The summed E-state index contributed by atoms with van der Waals surface area (Å²) < 4.78 is 2.17. The minimum Gasteiger partial charge on any atom is -0.294 e. The lowest BCUT2D eigenvalue weighted by Crippen LogP contribution is -1.98. The van der Waals surface area contributed by atoms with E-state index < -0.39 is 0 Å². The summed E-state index contributed by atoms with van der Waals surface area (Å²) in [5, 5.41) is 1.21. The summed E-state index contributed by atoms with van der Waals surface area (Å²) >= 11 is 0. The molecule has 0 N–H and O–H groups in total. The molecule has 21 heavy (non-hydrogen) atoms. The van der Waals surface area contributed by atoms with E-state index in [0.717, 1.165) is 17.9 Å². The second-order valence-electron chi connectivity index (χ2n) is 5.07. The zero-order chi connectivity index (χ0) is 14.7. The molecule has 0 atom stereocenters. The smallest absolute Gasteiger partial charge is 0.137 e. The Kier molecular flexibility index (Phi) is 3.72. The molecule has 0 bridgehead atoms. The predicted octanol–water partition coefficient (Wildman–Crippen LogP) is 4.99. The second-order valence-corrected chi connectivity index (χ2v) is 5.07. The van der Waals surface area contributed by atoms with Crippen LogP contribution in [0.25, 0.3) is 22.8 Å². The van der Waals surface area contributed by atoms with E-state index in [4.69, 9.17) is 0 Å². The van der Waals surface area contributed by atoms with Crippen LogP contribution in [0, 0.1) is 0 Å². The summed E-state index contributed by atoms with van der Waals surface area (Å²) in [6.45, 7) is 4.24. The number of hydrogen-bond donors (Lipinski definition) is 0. The first-order valence-corrected chi connectivity index (χ1v) is 7.23. The van der Waals surface area contributed by atoms with Gasteiger partial charge in [0, 0.05) is 17.7 Å². The third-order valence-electron chi connectivity index (χ3n) is 3.61. The van der Waals surface area contributed by atoms with Crippen LogP contribution in [0.4, 0.5) is 0 Å². The highest BCUT2D eigenvalue weighted by atomic mass is 15.1. The number of fused-ring (bicyclic) bond motifs is 1. The molecule has 0 fully saturated rings. The number of hydrogen-bond acceptors (Lipinski definition) is 1. The molecule has 0 unspecified atom stereocenters. The molecular weight excluding hydrogens is 256 g/mol. The van der Waals surface area contributed by atoms with Crippen LogP contribution in [-0.2, 0) is 0 Å². The Morgan fingerprint density at radius 2 is 2.00 bits per heavy atom. The maximum Gasteiger partial charge on any atom is 0.137 e. The highest BCUT2D eigenvalue weighted by Gasteiger charge is 2.08. The lowest BCUT2D eigenvalue weighted by Gasteiger charge is -2.06. The van der Waals surface area contributed by atoms with E-state index in [2.05, 4.69) is 59.5 Å². The van der Waals surface area contributed by atoms with Crippen molar-refractivity contribution >= 4 is 17.0 Å². The number of allylic oxidation sites excluding steroid dienone is 1. The van der Waals surface area contributed by atoms with Crippen molar-refractivity contribution in [2.45, 2.75) is 20.3 Å². The Morgan fingerprint density at radius 3 is 2.76 bits per heavy atom. The van der Waals surface area contributed by atoms with Gasteiger partial charge < -0.3 is 0 Å². The van der Waals surface area contributed by atoms with Gasteiger partial charge in [0.25, 0.3) is 0 Å². The van der Waals surface area contributed by atoms with Crippen molar-refractivity contribution in [3.63, 3.8) is 0 Å². The van der Waals surface area contributed by atoms with Crippen molar-refractivity contribution < 1.29 is 0 Å². The SMILES string of the molecule is CCC(C)=C=Cc1cc2ccccc2n1-c1ccccn1. The third kappa shape index (κ3) is 2.67. The minimum atomic E-state index is 0.931. The fraction of sp³-hybridized carbons (Fsp3) is 0.158. The topological polar surface area (TPSA) is 17.8 Å².